The Kier molecular flexibility index (Phi) is 3.79. The van der Waals surface area contributed by atoms with Crippen LogP contribution in [-0.4, -0.2) is 12.5 Å². The van der Waals surface area contributed by atoms with E-state index in [4.69, 9.17) is 5.73 Å². The van der Waals surface area contributed by atoms with E-state index in [-0.39, 0.29) is 12.2 Å². The van der Waals surface area contributed by atoms with E-state index in [1.807, 2.05) is 0 Å². The van der Waals surface area contributed by atoms with Crippen LogP contribution >= 0.6 is 15.9 Å². The molecule has 0 aliphatic carbocycles. The number of carbonyl (C=O) groups excluding carboxylic acids is 1. The zero-order chi connectivity index (χ0) is 12.3. The molecule has 88 valence electrons. The van der Waals surface area contributed by atoms with Gasteiger partial charge in [-0.3, -0.25) is 4.79 Å². The summed E-state index contributed by atoms with van der Waals surface area (Å²) >= 11 is 3.05. The standard InChI is InChI=1S/C9H8BrF3N2O/c10-5-1-2-6(9(11,12)13)7(3-5)15-4-8(14)16/h1-3,15H,4H2,(H2,14,16). The van der Waals surface area contributed by atoms with Crippen molar-refractivity contribution in [1.82, 2.24) is 0 Å². The molecule has 16 heavy (non-hydrogen) atoms. The molecule has 0 aromatic heterocycles. The first-order valence-corrected chi connectivity index (χ1v) is 4.99. The quantitative estimate of drug-likeness (QED) is 0.900. The molecular weight excluding hydrogens is 289 g/mol. The molecule has 0 saturated carbocycles. The van der Waals surface area contributed by atoms with Gasteiger partial charge in [-0.2, -0.15) is 13.2 Å². The van der Waals surface area contributed by atoms with E-state index in [0.717, 1.165) is 6.07 Å². The number of halogens is 4. The molecule has 1 aromatic carbocycles. The number of benzene rings is 1. The lowest BCUT2D eigenvalue weighted by Gasteiger charge is -2.13. The number of hydrogen-bond donors (Lipinski definition) is 2. The van der Waals surface area contributed by atoms with Crippen molar-refractivity contribution in [3.8, 4) is 0 Å². The van der Waals surface area contributed by atoms with Crippen molar-refractivity contribution in [3.05, 3.63) is 28.2 Å². The average Bonchev–Trinajstić information content (AvgIpc) is 2.12. The molecule has 0 fully saturated rings. The van der Waals surface area contributed by atoms with Crippen LogP contribution in [-0.2, 0) is 11.0 Å². The summed E-state index contributed by atoms with van der Waals surface area (Å²) in [6, 6.07) is 3.44. The van der Waals surface area contributed by atoms with E-state index in [1.165, 1.54) is 12.1 Å². The first kappa shape index (κ1) is 12.8. The van der Waals surface area contributed by atoms with Crippen molar-refractivity contribution in [2.75, 3.05) is 11.9 Å². The summed E-state index contributed by atoms with van der Waals surface area (Å²) in [7, 11) is 0. The van der Waals surface area contributed by atoms with Crippen molar-refractivity contribution in [2.45, 2.75) is 6.18 Å². The van der Waals surface area contributed by atoms with Crippen LogP contribution in [0.2, 0.25) is 0 Å². The molecule has 0 aliphatic heterocycles. The minimum Gasteiger partial charge on any atom is -0.376 e. The summed E-state index contributed by atoms with van der Waals surface area (Å²) in [5.74, 6) is -0.729. The monoisotopic (exact) mass is 296 g/mol. The van der Waals surface area contributed by atoms with Gasteiger partial charge in [0.25, 0.3) is 0 Å². The van der Waals surface area contributed by atoms with Gasteiger partial charge in [0.2, 0.25) is 5.91 Å². The maximum atomic E-state index is 12.5. The van der Waals surface area contributed by atoms with Crippen LogP contribution in [0.15, 0.2) is 22.7 Å². The number of hydrogen-bond acceptors (Lipinski definition) is 2. The van der Waals surface area contributed by atoms with Crippen LogP contribution in [0.25, 0.3) is 0 Å². The molecule has 0 atom stereocenters. The average molecular weight is 297 g/mol. The van der Waals surface area contributed by atoms with Crippen LogP contribution < -0.4 is 11.1 Å². The van der Waals surface area contributed by atoms with Crippen molar-refractivity contribution in [2.24, 2.45) is 5.73 Å². The summed E-state index contributed by atoms with van der Waals surface area (Å²) < 4.78 is 38.1. The van der Waals surface area contributed by atoms with Crippen molar-refractivity contribution in [1.29, 1.82) is 0 Å². The van der Waals surface area contributed by atoms with Gasteiger partial charge in [-0.25, -0.2) is 0 Å². The Morgan fingerprint density at radius 2 is 2.06 bits per heavy atom. The molecule has 0 radical (unpaired) electrons. The predicted octanol–water partition coefficient (Wildman–Crippen LogP) is 2.37. The van der Waals surface area contributed by atoms with Crippen molar-refractivity contribution >= 4 is 27.5 Å². The second-order valence-corrected chi connectivity index (χ2v) is 3.92. The van der Waals surface area contributed by atoms with Gasteiger partial charge in [0.15, 0.2) is 0 Å². The number of alkyl halides is 3. The third-order valence-electron chi connectivity index (χ3n) is 1.74. The van der Waals surface area contributed by atoms with Crippen LogP contribution in [0.5, 0.6) is 0 Å². The van der Waals surface area contributed by atoms with E-state index in [2.05, 4.69) is 21.2 Å². The van der Waals surface area contributed by atoms with E-state index in [9.17, 15) is 18.0 Å². The summed E-state index contributed by atoms with van der Waals surface area (Å²) in [6.45, 7) is -0.348. The fraction of sp³-hybridized carbons (Fsp3) is 0.222. The van der Waals surface area contributed by atoms with Crippen LogP contribution in [0, 0.1) is 0 Å². The van der Waals surface area contributed by atoms with E-state index < -0.39 is 17.6 Å². The lowest BCUT2D eigenvalue weighted by Crippen LogP contribution is -2.23. The minimum absolute atomic E-state index is 0.180. The molecule has 3 N–H and O–H groups in total. The fourth-order valence-electron chi connectivity index (χ4n) is 1.09. The second-order valence-electron chi connectivity index (χ2n) is 3.01. The zero-order valence-electron chi connectivity index (χ0n) is 7.94. The molecule has 3 nitrogen and oxygen atoms in total. The summed E-state index contributed by atoms with van der Waals surface area (Å²) in [6.07, 6.45) is -4.47. The lowest BCUT2D eigenvalue weighted by atomic mass is 10.1. The highest BCUT2D eigenvalue weighted by atomic mass is 79.9. The third kappa shape index (κ3) is 3.41. The Morgan fingerprint density at radius 3 is 2.56 bits per heavy atom. The Morgan fingerprint density at radius 1 is 1.44 bits per heavy atom. The Hall–Kier alpha value is -1.24. The van der Waals surface area contributed by atoms with Gasteiger partial charge in [-0.05, 0) is 18.2 Å². The Labute approximate surface area is 97.9 Å². The maximum absolute atomic E-state index is 12.5. The number of rotatable bonds is 3. The van der Waals surface area contributed by atoms with Crippen molar-refractivity contribution in [3.63, 3.8) is 0 Å². The van der Waals surface area contributed by atoms with E-state index in [1.54, 1.807) is 0 Å². The number of amides is 1. The molecule has 1 rings (SSSR count). The fourth-order valence-corrected chi connectivity index (χ4v) is 1.45. The van der Waals surface area contributed by atoms with E-state index >= 15 is 0 Å². The van der Waals surface area contributed by atoms with Gasteiger partial charge in [-0.1, -0.05) is 15.9 Å². The number of anilines is 1. The first-order chi connectivity index (χ1) is 7.30. The summed E-state index contributed by atoms with van der Waals surface area (Å²) in [4.78, 5) is 10.5. The molecule has 0 aliphatic rings. The van der Waals surface area contributed by atoms with Crippen molar-refractivity contribution < 1.29 is 18.0 Å². The van der Waals surface area contributed by atoms with E-state index in [0.29, 0.717) is 4.47 Å². The van der Waals surface area contributed by atoms with Crippen LogP contribution in [0.1, 0.15) is 5.56 Å². The molecule has 1 aromatic rings. The van der Waals surface area contributed by atoms with Gasteiger partial charge >= 0.3 is 6.18 Å². The number of nitrogens with one attached hydrogen (secondary N) is 1. The van der Waals surface area contributed by atoms with Gasteiger partial charge < -0.3 is 11.1 Å². The number of nitrogens with two attached hydrogens (primary N) is 1. The normalized spacial score (nSPS) is 11.2. The second kappa shape index (κ2) is 4.73. The minimum atomic E-state index is -4.47. The molecule has 0 saturated heterocycles. The smallest absolute Gasteiger partial charge is 0.376 e. The Balaban J connectivity index is 3.04. The molecule has 0 heterocycles. The lowest BCUT2D eigenvalue weighted by molar-refractivity contribution is -0.137. The molecular formula is C9H8BrF3N2O. The van der Waals surface area contributed by atoms with Crippen LogP contribution in [0.4, 0.5) is 18.9 Å². The highest BCUT2D eigenvalue weighted by Gasteiger charge is 2.33. The molecule has 0 bridgehead atoms. The predicted molar refractivity (Wildman–Crippen MR) is 56.8 cm³/mol. The van der Waals surface area contributed by atoms with Crippen LogP contribution in [0.3, 0.4) is 0 Å². The maximum Gasteiger partial charge on any atom is 0.418 e. The zero-order valence-corrected chi connectivity index (χ0v) is 9.52. The number of primary amides is 1. The van der Waals surface area contributed by atoms with Gasteiger partial charge in [-0.15, -0.1) is 0 Å². The topological polar surface area (TPSA) is 55.1 Å². The molecule has 0 unspecified atom stereocenters. The first-order valence-electron chi connectivity index (χ1n) is 4.19. The Bertz CT molecular complexity index is 406. The molecule has 1 amide bonds. The third-order valence-corrected chi connectivity index (χ3v) is 2.23. The molecule has 0 spiro atoms. The molecule has 7 heteroatoms. The number of carbonyl (C=O) groups is 1. The largest absolute Gasteiger partial charge is 0.418 e. The van der Waals surface area contributed by atoms with Gasteiger partial charge in [0, 0.05) is 10.2 Å². The highest BCUT2D eigenvalue weighted by molar-refractivity contribution is 9.10. The van der Waals surface area contributed by atoms with Gasteiger partial charge in [0.1, 0.15) is 0 Å². The SMILES string of the molecule is NC(=O)CNc1cc(Br)ccc1C(F)(F)F. The summed E-state index contributed by atoms with van der Waals surface area (Å²) in [5, 5.41) is 2.34. The highest BCUT2D eigenvalue weighted by Crippen LogP contribution is 2.36. The van der Waals surface area contributed by atoms with Gasteiger partial charge in [0.05, 0.1) is 12.1 Å². The summed E-state index contributed by atoms with van der Waals surface area (Å²) in [5.41, 5.74) is 3.83.